The summed E-state index contributed by atoms with van der Waals surface area (Å²) < 4.78 is 39.1. The SMILES string of the molecule is NCC=Cc1ccc(OC(F)(F)F)cc1. The Hall–Kier alpha value is -1.49. The second kappa shape index (κ2) is 4.84. The van der Waals surface area contributed by atoms with Gasteiger partial charge in [0.05, 0.1) is 0 Å². The maximum absolute atomic E-state index is 11.8. The number of rotatable bonds is 3. The molecule has 0 heterocycles. The van der Waals surface area contributed by atoms with E-state index in [9.17, 15) is 13.2 Å². The third kappa shape index (κ3) is 4.51. The van der Waals surface area contributed by atoms with Crippen LogP contribution >= 0.6 is 0 Å². The van der Waals surface area contributed by atoms with E-state index in [1.807, 2.05) is 0 Å². The molecule has 0 radical (unpaired) electrons. The van der Waals surface area contributed by atoms with Gasteiger partial charge in [0, 0.05) is 6.54 Å². The standard InChI is InChI=1S/C10H10F3NO/c11-10(12,13)15-9-5-3-8(4-6-9)2-1-7-14/h1-6H,7,14H2. The van der Waals surface area contributed by atoms with Gasteiger partial charge in [-0.05, 0) is 17.7 Å². The second-order valence-corrected chi connectivity index (χ2v) is 2.75. The molecular weight excluding hydrogens is 207 g/mol. The molecule has 2 N–H and O–H groups in total. The van der Waals surface area contributed by atoms with E-state index in [1.54, 1.807) is 12.2 Å². The molecule has 2 nitrogen and oxygen atoms in total. The monoisotopic (exact) mass is 217 g/mol. The molecule has 0 saturated carbocycles. The molecule has 0 aliphatic heterocycles. The van der Waals surface area contributed by atoms with Gasteiger partial charge in [-0.25, -0.2) is 0 Å². The Morgan fingerprint density at radius 2 is 1.80 bits per heavy atom. The van der Waals surface area contributed by atoms with Gasteiger partial charge in [0.15, 0.2) is 0 Å². The average Bonchev–Trinajstić information content (AvgIpc) is 2.14. The van der Waals surface area contributed by atoms with E-state index in [-0.39, 0.29) is 5.75 Å². The van der Waals surface area contributed by atoms with Crippen LogP contribution in [0.4, 0.5) is 13.2 Å². The first-order valence-corrected chi connectivity index (χ1v) is 4.24. The molecular formula is C10H10F3NO. The van der Waals surface area contributed by atoms with Crippen molar-refractivity contribution >= 4 is 6.08 Å². The summed E-state index contributed by atoms with van der Waals surface area (Å²) in [4.78, 5) is 0. The summed E-state index contributed by atoms with van der Waals surface area (Å²) in [6, 6.07) is 5.55. The van der Waals surface area contributed by atoms with Crippen LogP contribution in [0.5, 0.6) is 5.75 Å². The van der Waals surface area contributed by atoms with Crippen LogP contribution < -0.4 is 10.5 Å². The Kier molecular flexibility index (Phi) is 3.74. The van der Waals surface area contributed by atoms with Crippen LogP contribution in [0.1, 0.15) is 5.56 Å². The number of alkyl halides is 3. The molecule has 0 aliphatic rings. The van der Waals surface area contributed by atoms with Crippen molar-refractivity contribution in [2.45, 2.75) is 6.36 Å². The van der Waals surface area contributed by atoms with E-state index >= 15 is 0 Å². The summed E-state index contributed by atoms with van der Waals surface area (Å²) in [6.07, 6.45) is -1.22. The highest BCUT2D eigenvalue weighted by atomic mass is 19.4. The summed E-state index contributed by atoms with van der Waals surface area (Å²) in [5.41, 5.74) is 6.00. The summed E-state index contributed by atoms with van der Waals surface area (Å²) in [6.45, 7) is 0.390. The third-order valence-electron chi connectivity index (χ3n) is 1.56. The van der Waals surface area contributed by atoms with Crippen molar-refractivity contribution in [2.24, 2.45) is 5.73 Å². The number of benzene rings is 1. The molecule has 0 aliphatic carbocycles. The molecule has 0 unspecified atom stereocenters. The molecule has 1 aromatic carbocycles. The van der Waals surface area contributed by atoms with E-state index < -0.39 is 6.36 Å². The van der Waals surface area contributed by atoms with Gasteiger partial charge in [-0.2, -0.15) is 0 Å². The van der Waals surface area contributed by atoms with Gasteiger partial charge >= 0.3 is 6.36 Å². The summed E-state index contributed by atoms with van der Waals surface area (Å²) in [5.74, 6) is -0.229. The van der Waals surface area contributed by atoms with Crippen LogP contribution in [-0.2, 0) is 0 Å². The maximum Gasteiger partial charge on any atom is 0.573 e. The second-order valence-electron chi connectivity index (χ2n) is 2.75. The van der Waals surface area contributed by atoms with Crippen molar-refractivity contribution in [3.63, 3.8) is 0 Å². The number of halogens is 3. The molecule has 0 atom stereocenters. The van der Waals surface area contributed by atoms with E-state index in [0.29, 0.717) is 6.54 Å². The minimum Gasteiger partial charge on any atom is -0.406 e. The molecule has 15 heavy (non-hydrogen) atoms. The van der Waals surface area contributed by atoms with Crippen LogP contribution in [0.2, 0.25) is 0 Å². The largest absolute Gasteiger partial charge is 0.573 e. The molecule has 0 fully saturated rings. The van der Waals surface area contributed by atoms with Crippen LogP contribution in [0, 0.1) is 0 Å². The lowest BCUT2D eigenvalue weighted by molar-refractivity contribution is -0.274. The minimum atomic E-state index is -4.64. The lowest BCUT2D eigenvalue weighted by Crippen LogP contribution is -2.16. The Morgan fingerprint density at radius 3 is 2.27 bits per heavy atom. The first-order valence-electron chi connectivity index (χ1n) is 4.24. The zero-order valence-corrected chi connectivity index (χ0v) is 7.79. The van der Waals surface area contributed by atoms with Gasteiger partial charge in [0.1, 0.15) is 5.75 Å². The van der Waals surface area contributed by atoms with Gasteiger partial charge in [-0.15, -0.1) is 13.2 Å². The van der Waals surface area contributed by atoms with Crippen molar-refractivity contribution in [2.75, 3.05) is 6.54 Å². The lowest BCUT2D eigenvalue weighted by atomic mass is 10.2. The highest BCUT2D eigenvalue weighted by Gasteiger charge is 2.30. The van der Waals surface area contributed by atoms with E-state index in [4.69, 9.17) is 5.73 Å². The molecule has 1 aromatic rings. The third-order valence-corrected chi connectivity index (χ3v) is 1.56. The van der Waals surface area contributed by atoms with Crippen LogP contribution in [0.15, 0.2) is 30.3 Å². The van der Waals surface area contributed by atoms with Crippen molar-refractivity contribution < 1.29 is 17.9 Å². The topological polar surface area (TPSA) is 35.2 Å². The summed E-state index contributed by atoms with van der Waals surface area (Å²) in [7, 11) is 0. The fraction of sp³-hybridized carbons (Fsp3) is 0.200. The number of hydrogen-bond acceptors (Lipinski definition) is 2. The van der Waals surface area contributed by atoms with Crippen molar-refractivity contribution in [1.29, 1.82) is 0 Å². The smallest absolute Gasteiger partial charge is 0.406 e. The first kappa shape index (κ1) is 11.6. The van der Waals surface area contributed by atoms with Gasteiger partial charge in [-0.3, -0.25) is 0 Å². The molecule has 0 amide bonds. The lowest BCUT2D eigenvalue weighted by Gasteiger charge is -2.08. The van der Waals surface area contributed by atoms with Crippen LogP contribution in [-0.4, -0.2) is 12.9 Å². The molecule has 0 aromatic heterocycles. The Balaban J connectivity index is 2.68. The summed E-state index contributed by atoms with van der Waals surface area (Å²) in [5, 5.41) is 0. The van der Waals surface area contributed by atoms with Crippen molar-refractivity contribution in [3.8, 4) is 5.75 Å². The summed E-state index contributed by atoms with van der Waals surface area (Å²) >= 11 is 0. The van der Waals surface area contributed by atoms with Crippen molar-refractivity contribution in [3.05, 3.63) is 35.9 Å². The molecule has 0 spiro atoms. The van der Waals surface area contributed by atoms with Gasteiger partial charge in [-0.1, -0.05) is 24.3 Å². The normalized spacial score (nSPS) is 12.0. The van der Waals surface area contributed by atoms with E-state index in [1.165, 1.54) is 24.3 Å². The predicted molar refractivity (Wildman–Crippen MR) is 51.2 cm³/mol. The quantitative estimate of drug-likeness (QED) is 0.844. The van der Waals surface area contributed by atoms with Crippen LogP contribution in [0.25, 0.3) is 6.08 Å². The molecule has 0 saturated heterocycles. The number of ether oxygens (including phenoxy) is 1. The highest BCUT2D eigenvalue weighted by Crippen LogP contribution is 2.22. The van der Waals surface area contributed by atoms with Crippen molar-refractivity contribution in [1.82, 2.24) is 0 Å². The Bertz CT molecular complexity index is 330. The molecule has 5 heteroatoms. The fourth-order valence-corrected chi connectivity index (χ4v) is 0.985. The number of hydrogen-bond donors (Lipinski definition) is 1. The van der Waals surface area contributed by atoms with Gasteiger partial charge in [0.2, 0.25) is 0 Å². The first-order chi connectivity index (χ1) is 7.01. The van der Waals surface area contributed by atoms with Gasteiger partial charge < -0.3 is 10.5 Å². The zero-order chi connectivity index (χ0) is 11.3. The van der Waals surface area contributed by atoms with Gasteiger partial charge in [0.25, 0.3) is 0 Å². The average molecular weight is 217 g/mol. The predicted octanol–water partition coefficient (Wildman–Crippen LogP) is 2.56. The van der Waals surface area contributed by atoms with E-state index in [0.717, 1.165) is 5.56 Å². The van der Waals surface area contributed by atoms with Crippen LogP contribution in [0.3, 0.4) is 0 Å². The number of nitrogens with two attached hydrogens (primary N) is 1. The highest BCUT2D eigenvalue weighted by molar-refractivity contribution is 5.50. The maximum atomic E-state index is 11.8. The Morgan fingerprint density at radius 1 is 1.20 bits per heavy atom. The Labute approximate surface area is 85.2 Å². The molecule has 0 bridgehead atoms. The molecule has 1 rings (SSSR count). The fourth-order valence-electron chi connectivity index (χ4n) is 0.985. The molecule has 82 valence electrons. The minimum absolute atomic E-state index is 0.229. The zero-order valence-electron chi connectivity index (χ0n) is 7.79. The van der Waals surface area contributed by atoms with E-state index in [2.05, 4.69) is 4.74 Å².